The van der Waals surface area contributed by atoms with E-state index in [0.29, 0.717) is 6.10 Å². The number of rotatable bonds is 3. The van der Waals surface area contributed by atoms with Crippen LogP contribution in [-0.4, -0.2) is 19.3 Å². The van der Waals surface area contributed by atoms with Gasteiger partial charge in [0.05, 0.1) is 17.5 Å². The molecule has 1 saturated heterocycles. The molecule has 0 amide bonds. The minimum absolute atomic E-state index is 0.356. The molecule has 0 spiro atoms. The summed E-state index contributed by atoms with van der Waals surface area (Å²) < 4.78 is 5.51. The monoisotopic (exact) mass is 192 g/mol. The molecule has 76 valence electrons. The minimum Gasteiger partial charge on any atom is -0.397 e. The highest BCUT2D eigenvalue weighted by Crippen LogP contribution is 2.18. The lowest BCUT2D eigenvalue weighted by Crippen LogP contribution is -2.18. The molecule has 1 atom stereocenters. The number of nitrogen functional groups attached to an aromatic ring is 1. The predicted molar refractivity (Wildman–Crippen MR) is 58.3 cm³/mol. The van der Waals surface area contributed by atoms with Crippen molar-refractivity contribution in [1.29, 1.82) is 0 Å². The van der Waals surface area contributed by atoms with Crippen molar-refractivity contribution in [3.05, 3.63) is 24.3 Å². The van der Waals surface area contributed by atoms with Gasteiger partial charge in [0.2, 0.25) is 0 Å². The molecule has 14 heavy (non-hydrogen) atoms. The Morgan fingerprint density at radius 2 is 2.29 bits per heavy atom. The molecule has 3 heteroatoms. The van der Waals surface area contributed by atoms with E-state index in [9.17, 15) is 0 Å². The van der Waals surface area contributed by atoms with Gasteiger partial charge in [0.25, 0.3) is 0 Å². The van der Waals surface area contributed by atoms with Gasteiger partial charge in [-0.25, -0.2) is 0 Å². The Hall–Kier alpha value is -1.22. The summed E-state index contributed by atoms with van der Waals surface area (Å²) in [6.07, 6.45) is 2.69. The van der Waals surface area contributed by atoms with Crippen LogP contribution in [-0.2, 0) is 4.74 Å². The van der Waals surface area contributed by atoms with Crippen LogP contribution in [0.25, 0.3) is 0 Å². The summed E-state index contributed by atoms with van der Waals surface area (Å²) in [5.74, 6) is 0. The third-order valence-electron chi connectivity index (χ3n) is 2.50. The summed E-state index contributed by atoms with van der Waals surface area (Å²) in [7, 11) is 0. The van der Waals surface area contributed by atoms with Gasteiger partial charge >= 0.3 is 0 Å². The highest BCUT2D eigenvalue weighted by molar-refractivity contribution is 5.65. The number of anilines is 2. The summed E-state index contributed by atoms with van der Waals surface area (Å²) >= 11 is 0. The maximum atomic E-state index is 5.80. The average molecular weight is 192 g/mol. The smallest absolute Gasteiger partial charge is 0.0748 e. The number of nitrogens with two attached hydrogens (primary N) is 1. The molecule has 1 heterocycles. The van der Waals surface area contributed by atoms with E-state index in [2.05, 4.69) is 5.32 Å². The van der Waals surface area contributed by atoms with Crippen molar-refractivity contribution in [2.24, 2.45) is 0 Å². The van der Waals surface area contributed by atoms with E-state index >= 15 is 0 Å². The van der Waals surface area contributed by atoms with Crippen LogP contribution in [0.1, 0.15) is 12.8 Å². The van der Waals surface area contributed by atoms with Gasteiger partial charge in [-0.15, -0.1) is 0 Å². The van der Waals surface area contributed by atoms with Gasteiger partial charge < -0.3 is 15.8 Å². The molecule has 0 aromatic heterocycles. The highest BCUT2D eigenvalue weighted by Gasteiger charge is 2.14. The Kier molecular flexibility index (Phi) is 2.89. The SMILES string of the molecule is Nc1ccccc1NCC1CCCO1. The van der Waals surface area contributed by atoms with E-state index in [0.717, 1.165) is 30.9 Å². The van der Waals surface area contributed by atoms with Gasteiger partial charge in [-0.05, 0) is 25.0 Å². The Labute approximate surface area is 84.3 Å². The second-order valence-corrected chi connectivity index (χ2v) is 3.60. The number of benzene rings is 1. The van der Waals surface area contributed by atoms with Gasteiger partial charge in [0.15, 0.2) is 0 Å². The molecule has 2 rings (SSSR count). The lowest BCUT2D eigenvalue weighted by molar-refractivity contribution is 0.120. The first-order valence-corrected chi connectivity index (χ1v) is 5.06. The second kappa shape index (κ2) is 4.33. The van der Waals surface area contributed by atoms with Crippen LogP contribution < -0.4 is 11.1 Å². The molecule has 1 aliphatic heterocycles. The van der Waals surface area contributed by atoms with E-state index in [1.54, 1.807) is 0 Å². The van der Waals surface area contributed by atoms with Crippen molar-refractivity contribution in [2.75, 3.05) is 24.2 Å². The summed E-state index contributed by atoms with van der Waals surface area (Å²) in [6.45, 7) is 1.75. The van der Waals surface area contributed by atoms with E-state index in [4.69, 9.17) is 10.5 Å². The summed E-state index contributed by atoms with van der Waals surface area (Å²) in [6, 6.07) is 7.81. The van der Waals surface area contributed by atoms with E-state index in [-0.39, 0.29) is 0 Å². The molecule has 1 aliphatic rings. The molecule has 1 aromatic rings. The van der Waals surface area contributed by atoms with Crippen molar-refractivity contribution >= 4 is 11.4 Å². The molecule has 0 saturated carbocycles. The van der Waals surface area contributed by atoms with Crippen LogP contribution in [0.15, 0.2) is 24.3 Å². The van der Waals surface area contributed by atoms with Crippen molar-refractivity contribution in [1.82, 2.24) is 0 Å². The number of nitrogens with one attached hydrogen (secondary N) is 1. The number of hydrogen-bond acceptors (Lipinski definition) is 3. The second-order valence-electron chi connectivity index (χ2n) is 3.60. The molecule has 3 N–H and O–H groups in total. The average Bonchev–Trinajstić information content (AvgIpc) is 2.69. The van der Waals surface area contributed by atoms with Crippen LogP contribution in [0.2, 0.25) is 0 Å². The summed E-state index contributed by atoms with van der Waals surface area (Å²) in [5.41, 5.74) is 7.60. The van der Waals surface area contributed by atoms with Gasteiger partial charge in [-0.2, -0.15) is 0 Å². The Bertz CT molecular complexity index is 295. The summed E-state index contributed by atoms with van der Waals surface area (Å²) in [4.78, 5) is 0. The molecule has 3 nitrogen and oxygen atoms in total. The molecule has 0 bridgehead atoms. The largest absolute Gasteiger partial charge is 0.397 e. The number of hydrogen-bond donors (Lipinski definition) is 2. The molecule has 0 aliphatic carbocycles. The normalized spacial score (nSPS) is 21.0. The molecule has 1 fully saturated rings. The topological polar surface area (TPSA) is 47.3 Å². The Morgan fingerprint density at radius 3 is 3.00 bits per heavy atom. The van der Waals surface area contributed by atoms with E-state index in [1.165, 1.54) is 6.42 Å². The molecule has 1 unspecified atom stereocenters. The highest BCUT2D eigenvalue weighted by atomic mass is 16.5. The van der Waals surface area contributed by atoms with E-state index < -0.39 is 0 Å². The third kappa shape index (κ3) is 2.17. The van der Waals surface area contributed by atoms with Gasteiger partial charge in [0, 0.05) is 13.2 Å². The molecule has 0 radical (unpaired) electrons. The third-order valence-corrected chi connectivity index (χ3v) is 2.50. The van der Waals surface area contributed by atoms with Crippen LogP contribution in [0.3, 0.4) is 0 Å². The molecular weight excluding hydrogens is 176 g/mol. The zero-order valence-electron chi connectivity index (χ0n) is 8.20. The molecule has 1 aromatic carbocycles. The van der Waals surface area contributed by atoms with Crippen LogP contribution in [0, 0.1) is 0 Å². The number of para-hydroxylation sites is 2. The fourth-order valence-electron chi connectivity index (χ4n) is 1.69. The zero-order valence-corrected chi connectivity index (χ0v) is 8.20. The van der Waals surface area contributed by atoms with Gasteiger partial charge in [-0.1, -0.05) is 12.1 Å². The van der Waals surface area contributed by atoms with Crippen molar-refractivity contribution < 1.29 is 4.74 Å². The predicted octanol–water partition coefficient (Wildman–Crippen LogP) is 1.86. The van der Waals surface area contributed by atoms with Crippen LogP contribution in [0.5, 0.6) is 0 Å². The maximum absolute atomic E-state index is 5.80. The first-order valence-electron chi connectivity index (χ1n) is 5.06. The Balaban J connectivity index is 1.88. The fraction of sp³-hybridized carbons (Fsp3) is 0.455. The lowest BCUT2D eigenvalue weighted by Gasteiger charge is -2.13. The quantitative estimate of drug-likeness (QED) is 0.719. The first-order chi connectivity index (χ1) is 6.86. The maximum Gasteiger partial charge on any atom is 0.0748 e. The minimum atomic E-state index is 0.356. The fourth-order valence-corrected chi connectivity index (χ4v) is 1.69. The van der Waals surface area contributed by atoms with Gasteiger partial charge in [-0.3, -0.25) is 0 Å². The van der Waals surface area contributed by atoms with Crippen molar-refractivity contribution in [2.45, 2.75) is 18.9 Å². The summed E-state index contributed by atoms with van der Waals surface area (Å²) in [5, 5.41) is 3.30. The van der Waals surface area contributed by atoms with Crippen LogP contribution in [0.4, 0.5) is 11.4 Å². The van der Waals surface area contributed by atoms with E-state index in [1.807, 2.05) is 24.3 Å². The standard InChI is InChI=1S/C11H16N2O/c12-10-5-1-2-6-11(10)13-8-9-4-3-7-14-9/h1-2,5-6,9,13H,3-4,7-8,12H2. The first kappa shape index (κ1) is 9.34. The van der Waals surface area contributed by atoms with Crippen molar-refractivity contribution in [3.8, 4) is 0 Å². The van der Waals surface area contributed by atoms with Gasteiger partial charge in [0.1, 0.15) is 0 Å². The van der Waals surface area contributed by atoms with Crippen molar-refractivity contribution in [3.63, 3.8) is 0 Å². The Morgan fingerprint density at radius 1 is 1.43 bits per heavy atom. The molecular formula is C11H16N2O. The van der Waals surface area contributed by atoms with Crippen LogP contribution >= 0.6 is 0 Å². The number of ether oxygens (including phenoxy) is 1. The zero-order chi connectivity index (χ0) is 9.80. The lowest BCUT2D eigenvalue weighted by atomic mass is 10.2.